The van der Waals surface area contributed by atoms with Gasteiger partial charge in [0.25, 0.3) is 0 Å². The zero-order valence-electron chi connectivity index (χ0n) is 11.8. The van der Waals surface area contributed by atoms with Crippen molar-refractivity contribution in [3.63, 3.8) is 0 Å². The molecular formula is C16H25NO. The minimum Gasteiger partial charge on any atom is -0.508 e. The lowest BCUT2D eigenvalue weighted by Gasteiger charge is -2.43. The van der Waals surface area contributed by atoms with Crippen molar-refractivity contribution >= 4 is 0 Å². The van der Waals surface area contributed by atoms with Crippen LogP contribution in [0.2, 0.25) is 0 Å². The largest absolute Gasteiger partial charge is 0.508 e. The Hall–Kier alpha value is -1.02. The highest BCUT2D eigenvalue weighted by Gasteiger charge is 2.38. The van der Waals surface area contributed by atoms with Crippen molar-refractivity contribution in [1.82, 2.24) is 4.90 Å². The number of phenolic OH excluding ortho intramolecular Hbond substituents is 1. The van der Waals surface area contributed by atoms with E-state index >= 15 is 0 Å². The summed E-state index contributed by atoms with van der Waals surface area (Å²) in [6, 6.07) is 7.86. The summed E-state index contributed by atoms with van der Waals surface area (Å²) >= 11 is 0. The van der Waals surface area contributed by atoms with Crippen LogP contribution in [0.4, 0.5) is 0 Å². The van der Waals surface area contributed by atoms with E-state index in [0.29, 0.717) is 11.7 Å². The van der Waals surface area contributed by atoms with E-state index in [1.165, 1.54) is 31.2 Å². The van der Waals surface area contributed by atoms with Crippen molar-refractivity contribution in [3.05, 3.63) is 29.8 Å². The highest BCUT2D eigenvalue weighted by molar-refractivity contribution is 5.33. The molecule has 1 fully saturated rings. The second-order valence-corrected chi connectivity index (χ2v) is 6.17. The quantitative estimate of drug-likeness (QED) is 0.885. The van der Waals surface area contributed by atoms with Crippen LogP contribution in [-0.2, 0) is 5.41 Å². The van der Waals surface area contributed by atoms with Crippen molar-refractivity contribution < 1.29 is 5.11 Å². The molecule has 100 valence electrons. The van der Waals surface area contributed by atoms with Crippen LogP contribution in [0.15, 0.2) is 24.3 Å². The topological polar surface area (TPSA) is 23.5 Å². The molecule has 0 heterocycles. The molecule has 2 rings (SSSR count). The highest BCUT2D eigenvalue weighted by atomic mass is 16.3. The van der Waals surface area contributed by atoms with Crippen LogP contribution in [-0.4, -0.2) is 30.6 Å². The minimum absolute atomic E-state index is 0.210. The smallest absolute Gasteiger partial charge is 0.115 e. The molecule has 1 aromatic rings. The summed E-state index contributed by atoms with van der Waals surface area (Å²) in [6.07, 6.45) is 5.17. The van der Waals surface area contributed by atoms with Crippen LogP contribution in [0.5, 0.6) is 5.75 Å². The maximum Gasteiger partial charge on any atom is 0.115 e. The number of rotatable bonds is 3. The third-order valence-electron chi connectivity index (χ3n) is 4.49. The Bertz CT molecular complexity index is 402. The van der Waals surface area contributed by atoms with Crippen LogP contribution < -0.4 is 0 Å². The summed E-state index contributed by atoms with van der Waals surface area (Å²) in [5.41, 5.74) is 1.51. The van der Waals surface area contributed by atoms with E-state index < -0.39 is 0 Å². The number of hydrogen-bond acceptors (Lipinski definition) is 2. The zero-order chi connectivity index (χ0) is 13.2. The lowest BCUT2D eigenvalue weighted by molar-refractivity contribution is 0.160. The maximum absolute atomic E-state index is 9.72. The van der Waals surface area contributed by atoms with Gasteiger partial charge >= 0.3 is 0 Å². The van der Waals surface area contributed by atoms with E-state index in [1.54, 1.807) is 6.07 Å². The van der Waals surface area contributed by atoms with E-state index in [-0.39, 0.29) is 5.41 Å². The highest BCUT2D eigenvalue weighted by Crippen LogP contribution is 2.44. The van der Waals surface area contributed by atoms with Crippen molar-refractivity contribution in [2.75, 3.05) is 20.6 Å². The molecule has 0 bridgehead atoms. The van der Waals surface area contributed by atoms with Gasteiger partial charge in [0.15, 0.2) is 0 Å². The maximum atomic E-state index is 9.72. The Morgan fingerprint density at radius 3 is 2.78 bits per heavy atom. The Kier molecular flexibility index (Phi) is 3.96. The molecule has 1 aliphatic carbocycles. The first kappa shape index (κ1) is 13.4. The second-order valence-electron chi connectivity index (χ2n) is 6.17. The Labute approximate surface area is 111 Å². The molecule has 1 N–H and O–H groups in total. The molecule has 0 aliphatic heterocycles. The van der Waals surface area contributed by atoms with Gasteiger partial charge in [-0.2, -0.15) is 0 Å². The number of nitrogens with zero attached hydrogens (tertiary/aromatic N) is 1. The van der Waals surface area contributed by atoms with Crippen LogP contribution >= 0.6 is 0 Å². The third-order valence-corrected chi connectivity index (χ3v) is 4.49. The molecule has 0 saturated heterocycles. The molecule has 1 aliphatic rings. The molecular weight excluding hydrogens is 222 g/mol. The van der Waals surface area contributed by atoms with Gasteiger partial charge in [0, 0.05) is 6.54 Å². The van der Waals surface area contributed by atoms with Gasteiger partial charge in [0.1, 0.15) is 5.75 Å². The van der Waals surface area contributed by atoms with Gasteiger partial charge in [0.05, 0.1) is 0 Å². The lowest BCUT2D eigenvalue weighted by atomic mass is 9.63. The van der Waals surface area contributed by atoms with E-state index in [9.17, 15) is 5.11 Å². The van der Waals surface area contributed by atoms with Crippen LogP contribution in [0, 0.1) is 5.92 Å². The number of phenols is 1. The van der Waals surface area contributed by atoms with Gasteiger partial charge in [-0.05, 0) is 56.0 Å². The van der Waals surface area contributed by atoms with Gasteiger partial charge in [-0.15, -0.1) is 0 Å². The molecule has 18 heavy (non-hydrogen) atoms. The SMILES string of the molecule is CN(C)CC1CCCCC1(C)c1cccc(O)c1. The van der Waals surface area contributed by atoms with Crippen molar-refractivity contribution in [3.8, 4) is 5.75 Å². The van der Waals surface area contributed by atoms with Crippen LogP contribution in [0.3, 0.4) is 0 Å². The van der Waals surface area contributed by atoms with Gasteiger partial charge in [-0.25, -0.2) is 0 Å². The number of hydrogen-bond donors (Lipinski definition) is 1. The van der Waals surface area contributed by atoms with E-state index in [0.717, 1.165) is 6.54 Å². The van der Waals surface area contributed by atoms with Crippen molar-refractivity contribution in [2.24, 2.45) is 5.92 Å². The third kappa shape index (κ3) is 2.69. The van der Waals surface area contributed by atoms with Gasteiger partial charge in [-0.1, -0.05) is 31.9 Å². The molecule has 0 spiro atoms. The van der Waals surface area contributed by atoms with Crippen LogP contribution in [0.1, 0.15) is 38.2 Å². The first-order valence-corrected chi connectivity index (χ1v) is 6.96. The molecule has 1 saturated carbocycles. The monoisotopic (exact) mass is 247 g/mol. The van der Waals surface area contributed by atoms with E-state index in [1.807, 2.05) is 12.1 Å². The fraction of sp³-hybridized carbons (Fsp3) is 0.625. The average molecular weight is 247 g/mol. The normalized spacial score (nSPS) is 28.6. The molecule has 2 heteroatoms. The van der Waals surface area contributed by atoms with Gasteiger partial charge in [-0.3, -0.25) is 0 Å². The van der Waals surface area contributed by atoms with Gasteiger partial charge in [0.2, 0.25) is 0 Å². The fourth-order valence-electron chi connectivity index (χ4n) is 3.38. The Morgan fingerprint density at radius 2 is 2.11 bits per heavy atom. The fourth-order valence-corrected chi connectivity index (χ4v) is 3.38. The molecule has 2 atom stereocenters. The van der Waals surface area contributed by atoms with E-state index in [4.69, 9.17) is 0 Å². The summed E-state index contributed by atoms with van der Waals surface area (Å²) in [6.45, 7) is 3.50. The Morgan fingerprint density at radius 1 is 1.33 bits per heavy atom. The predicted octanol–water partition coefficient (Wildman–Crippen LogP) is 3.40. The minimum atomic E-state index is 0.210. The summed E-state index contributed by atoms with van der Waals surface area (Å²) < 4.78 is 0. The molecule has 2 unspecified atom stereocenters. The molecule has 2 nitrogen and oxygen atoms in total. The predicted molar refractivity (Wildman–Crippen MR) is 76.0 cm³/mol. The lowest BCUT2D eigenvalue weighted by Crippen LogP contribution is -2.40. The molecule has 0 amide bonds. The van der Waals surface area contributed by atoms with Gasteiger partial charge < -0.3 is 10.0 Å². The summed E-state index contributed by atoms with van der Waals surface area (Å²) in [5, 5.41) is 9.72. The Balaban J connectivity index is 2.29. The summed E-state index contributed by atoms with van der Waals surface area (Å²) in [5.74, 6) is 1.07. The van der Waals surface area contributed by atoms with Crippen molar-refractivity contribution in [2.45, 2.75) is 38.0 Å². The summed E-state index contributed by atoms with van der Waals surface area (Å²) in [4.78, 5) is 2.29. The standard InChI is InChI=1S/C16H25NO/c1-16(13-8-6-9-15(18)11-13)10-5-4-7-14(16)12-17(2)3/h6,8-9,11,14,18H,4-5,7,10,12H2,1-3H3. The first-order valence-electron chi connectivity index (χ1n) is 6.96. The van der Waals surface area contributed by atoms with Crippen LogP contribution in [0.25, 0.3) is 0 Å². The first-order chi connectivity index (χ1) is 8.52. The molecule has 0 radical (unpaired) electrons. The van der Waals surface area contributed by atoms with E-state index in [2.05, 4.69) is 32.0 Å². The number of aromatic hydroxyl groups is 1. The second kappa shape index (κ2) is 5.31. The molecule has 1 aromatic carbocycles. The zero-order valence-corrected chi connectivity index (χ0v) is 11.8. The number of benzene rings is 1. The molecule has 0 aromatic heterocycles. The van der Waals surface area contributed by atoms with Crippen molar-refractivity contribution in [1.29, 1.82) is 0 Å². The average Bonchev–Trinajstić information content (AvgIpc) is 2.32. The summed E-state index contributed by atoms with van der Waals surface area (Å²) in [7, 11) is 4.30.